The first-order valence-electron chi connectivity index (χ1n) is 22.7. The van der Waals surface area contributed by atoms with Crippen LogP contribution in [0.2, 0.25) is 0 Å². The zero-order valence-corrected chi connectivity index (χ0v) is 33.3. The Morgan fingerprint density at radius 2 is 1.10 bits per heavy atom. The van der Waals surface area contributed by atoms with Crippen LogP contribution in [0.3, 0.4) is 0 Å². The number of likely N-dealkylation sites (tertiary alicyclic amines) is 3. The Balaban J connectivity index is 0.000000146. The van der Waals surface area contributed by atoms with Crippen molar-refractivity contribution in [1.82, 2.24) is 15.1 Å². The number of rotatable bonds is 6. The number of quaternary nitrogens is 1. The molecule has 0 spiro atoms. The molecule has 6 heteroatoms. The third-order valence-electron chi connectivity index (χ3n) is 13.5. The lowest BCUT2D eigenvalue weighted by molar-refractivity contribution is -0.941. The molecule has 1 amide bonds. The minimum atomic E-state index is 0.405. The lowest BCUT2D eigenvalue weighted by Crippen LogP contribution is -2.54. The van der Waals surface area contributed by atoms with E-state index in [0.717, 1.165) is 57.2 Å². The van der Waals surface area contributed by atoms with E-state index in [1.807, 2.05) is 0 Å². The Labute approximate surface area is 310 Å². The zero-order chi connectivity index (χ0) is 35.1. The van der Waals surface area contributed by atoms with Crippen LogP contribution in [-0.2, 0) is 9.59 Å². The van der Waals surface area contributed by atoms with Gasteiger partial charge in [0, 0.05) is 50.7 Å². The Morgan fingerprint density at radius 3 is 1.56 bits per heavy atom. The average Bonchev–Trinajstić information content (AvgIpc) is 4.03. The molecule has 0 radical (unpaired) electrons. The van der Waals surface area contributed by atoms with E-state index in [-0.39, 0.29) is 0 Å². The second-order valence-corrected chi connectivity index (χ2v) is 17.3. The average molecular weight is 700 g/mol. The standard InChI is InChI=1S/C14H28N.C10H17NO.C10H19N.C6H10O.C4H9N/c1-2-3-11-15(12-7-8-13-15)14-9-5-4-6-10-14;12-10-7-4-8-11(10)9-5-2-1-3-6-9;1-2-6-10(7-3-1)11-8-4-5-9-11;7-6-4-2-1-3-5-6;1-2-4-5-3-1/h14H,2-13H2,1H3;9H,1-8H2;10H,1-9H2;1-5H2;5H,1-4H2/q+1;;;;. The molecule has 4 heterocycles. The first kappa shape index (κ1) is 41.8. The van der Waals surface area contributed by atoms with Crippen molar-refractivity contribution in [2.24, 2.45) is 0 Å². The van der Waals surface area contributed by atoms with Gasteiger partial charge in [-0.15, -0.1) is 0 Å². The molecule has 4 saturated heterocycles. The van der Waals surface area contributed by atoms with Gasteiger partial charge in [-0.2, -0.15) is 0 Å². The quantitative estimate of drug-likeness (QED) is 0.281. The summed E-state index contributed by atoms with van der Waals surface area (Å²) in [6.45, 7) is 13.2. The fraction of sp³-hybridized carbons (Fsp3) is 0.955. The molecule has 0 aromatic rings. The summed E-state index contributed by atoms with van der Waals surface area (Å²) in [4.78, 5) is 26.7. The molecule has 0 aromatic carbocycles. The number of unbranched alkanes of at least 4 members (excludes halogenated alkanes) is 1. The fourth-order valence-electron chi connectivity index (χ4n) is 10.4. The number of nitrogens with zero attached hydrogens (tertiary/aromatic N) is 3. The second kappa shape index (κ2) is 25.1. The van der Waals surface area contributed by atoms with E-state index in [1.54, 1.807) is 0 Å². The minimum absolute atomic E-state index is 0.405. The topological polar surface area (TPSA) is 52.7 Å². The van der Waals surface area contributed by atoms with Crippen molar-refractivity contribution >= 4 is 11.7 Å². The van der Waals surface area contributed by atoms with E-state index in [0.29, 0.717) is 17.7 Å². The predicted octanol–water partition coefficient (Wildman–Crippen LogP) is 9.98. The Morgan fingerprint density at radius 1 is 0.560 bits per heavy atom. The van der Waals surface area contributed by atoms with Crippen LogP contribution < -0.4 is 5.32 Å². The van der Waals surface area contributed by atoms with Crippen molar-refractivity contribution in [1.29, 1.82) is 0 Å². The number of nitrogens with one attached hydrogen (secondary N) is 1. The van der Waals surface area contributed by atoms with E-state index in [4.69, 9.17) is 0 Å². The zero-order valence-electron chi connectivity index (χ0n) is 33.3. The maximum absolute atomic E-state index is 11.4. The summed E-state index contributed by atoms with van der Waals surface area (Å²) in [6, 6.07) is 2.63. The maximum atomic E-state index is 11.4. The predicted molar refractivity (Wildman–Crippen MR) is 212 cm³/mol. The van der Waals surface area contributed by atoms with Gasteiger partial charge in [-0.1, -0.05) is 64.7 Å². The summed E-state index contributed by atoms with van der Waals surface area (Å²) in [5.74, 6) is 0.869. The van der Waals surface area contributed by atoms with Gasteiger partial charge in [-0.05, 0) is 129 Å². The smallest absolute Gasteiger partial charge is 0.222 e. The SMILES string of the molecule is C1CCC(N2CCCC2)CC1.C1CCNC1.CCCC[N+]1(C2CCCCC2)CCCC1.O=C1CCCCC1.O=C1CCCN1C1CCCCC1. The van der Waals surface area contributed by atoms with Crippen molar-refractivity contribution in [3.8, 4) is 0 Å². The molecule has 8 fully saturated rings. The van der Waals surface area contributed by atoms with Gasteiger partial charge >= 0.3 is 0 Å². The number of amides is 1. The number of hydrogen-bond acceptors (Lipinski definition) is 4. The van der Waals surface area contributed by atoms with Crippen LogP contribution in [0.5, 0.6) is 0 Å². The molecule has 0 aromatic heterocycles. The molecule has 4 aliphatic heterocycles. The summed E-state index contributed by atoms with van der Waals surface area (Å²) < 4.78 is 1.52. The molecule has 8 aliphatic rings. The minimum Gasteiger partial charge on any atom is -0.340 e. The van der Waals surface area contributed by atoms with E-state index in [9.17, 15) is 9.59 Å². The van der Waals surface area contributed by atoms with E-state index in [2.05, 4.69) is 22.0 Å². The van der Waals surface area contributed by atoms with E-state index < -0.39 is 0 Å². The third kappa shape index (κ3) is 15.2. The molecule has 290 valence electrons. The van der Waals surface area contributed by atoms with Gasteiger partial charge < -0.3 is 19.6 Å². The summed E-state index contributed by atoms with van der Waals surface area (Å²) in [5.41, 5.74) is 0. The van der Waals surface area contributed by atoms with Gasteiger partial charge in [0.15, 0.2) is 0 Å². The monoisotopic (exact) mass is 700 g/mol. The molecule has 0 atom stereocenters. The summed E-state index contributed by atoms with van der Waals surface area (Å²) >= 11 is 0. The number of hydrogen-bond donors (Lipinski definition) is 1. The van der Waals surface area contributed by atoms with Crippen molar-refractivity contribution in [3.63, 3.8) is 0 Å². The van der Waals surface area contributed by atoms with E-state index in [1.165, 1.54) is 204 Å². The molecule has 50 heavy (non-hydrogen) atoms. The molecule has 0 bridgehead atoms. The van der Waals surface area contributed by atoms with Crippen molar-refractivity contribution < 1.29 is 14.1 Å². The van der Waals surface area contributed by atoms with Crippen LogP contribution in [0.1, 0.15) is 200 Å². The summed E-state index contributed by atoms with van der Waals surface area (Å²) in [5, 5.41) is 3.22. The molecule has 0 unspecified atom stereocenters. The molecular weight excluding hydrogens is 617 g/mol. The number of carbonyl (C=O) groups is 2. The van der Waals surface area contributed by atoms with Crippen LogP contribution in [0.15, 0.2) is 0 Å². The lowest BCUT2D eigenvalue weighted by atomic mass is 9.92. The molecule has 6 nitrogen and oxygen atoms in total. The summed E-state index contributed by atoms with van der Waals surface area (Å²) in [6.07, 6.45) is 40.2. The largest absolute Gasteiger partial charge is 0.340 e. The van der Waals surface area contributed by atoms with Crippen molar-refractivity contribution in [2.45, 2.75) is 218 Å². The normalized spacial score (nSPS) is 26.5. The first-order chi connectivity index (χ1) is 24.6. The summed E-state index contributed by atoms with van der Waals surface area (Å²) in [7, 11) is 0. The Kier molecular flexibility index (Phi) is 21.0. The van der Waals surface area contributed by atoms with Crippen LogP contribution in [0.4, 0.5) is 0 Å². The maximum Gasteiger partial charge on any atom is 0.222 e. The number of ketones is 1. The molecule has 4 aliphatic carbocycles. The lowest BCUT2D eigenvalue weighted by Gasteiger charge is -2.43. The Hall–Kier alpha value is -0.980. The molecule has 1 N–H and O–H groups in total. The highest BCUT2D eigenvalue weighted by Crippen LogP contribution is 2.33. The highest BCUT2D eigenvalue weighted by Gasteiger charge is 2.39. The van der Waals surface area contributed by atoms with Gasteiger partial charge in [0.05, 0.1) is 25.7 Å². The number of Topliss-reactive ketones (excluding diaryl/α,β-unsaturated/α-hetero) is 1. The van der Waals surface area contributed by atoms with Crippen LogP contribution >= 0.6 is 0 Å². The van der Waals surface area contributed by atoms with Crippen molar-refractivity contribution in [3.05, 3.63) is 0 Å². The highest BCUT2D eigenvalue weighted by molar-refractivity contribution is 5.79. The van der Waals surface area contributed by atoms with E-state index >= 15 is 0 Å². The highest BCUT2D eigenvalue weighted by atomic mass is 16.2. The van der Waals surface area contributed by atoms with Gasteiger partial charge in [0.1, 0.15) is 5.78 Å². The van der Waals surface area contributed by atoms with Crippen LogP contribution in [0.25, 0.3) is 0 Å². The van der Waals surface area contributed by atoms with Crippen molar-refractivity contribution in [2.75, 3.05) is 52.4 Å². The number of carbonyl (C=O) groups excluding carboxylic acids is 2. The fourth-order valence-corrected chi connectivity index (χ4v) is 10.4. The first-order valence-corrected chi connectivity index (χ1v) is 22.7. The molecule has 4 saturated carbocycles. The van der Waals surface area contributed by atoms with Crippen LogP contribution in [0, 0.1) is 0 Å². The molecular formula is C44H83N4O2+. The van der Waals surface area contributed by atoms with Gasteiger partial charge in [-0.3, -0.25) is 9.59 Å². The van der Waals surface area contributed by atoms with Crippen LogP contribution in [-0.4, -0.2) is 96.5 Å². The van der Waals surface area contributed by atoms with Gasteiger partial charge in [0.25, 0.3) is 0 Å². The Bertz CT molecular complexity index is 861. The molecule has 8 rings (SSSR count). The van der Waals surface area contributed by atoms with Gasteiger partial charge in [-0.25, -0.2) is 0 Å². The van der Waals surface area contributed by atoms with Gasteiger partial charge in [0.2, 0.25) is 5.91 Å². The second-order valence-electron chi connectivity index (χ2n) is 17.3. The third-order valence-corrected chi connectivity index (χ3v) is 13.5.